The Bertz CT molecular complexity index is 1190. The van der Waals surface area contributed by atoms with E-state index in [9.17, 15) is 4.79 Å². The van der Waals surface area contributed by atoms with Crippen molar-refractivity contribution in [3.05, 3.63) is 87.1 Å². The molecular formula is C20H12ClN5O2S. The average Bonchev–Trinajstić information content (AvgIpc) is 3.31. The molecule has 3 heterocycles. The summed E-state index contributed by atoms with van der Waals surface area (Å²) in [6.07, 6.45) is 1.67. The van der Waals surface area contributed by atoms with E-state index in [-0.39, 0.29) is 17.7 Å². The van der Waals surface area contributed by atoms with Gasteiger partial charge in [-0.25, -0.2) is 0 Å². The van der Waals surface area contributed by atoms with Gasteiger partial charge in [0.15, 0.2) is 0 Å². The van der Waals surface area contributed by atoms with Crippen molar-refractivity contribution in [2.24, 2.45) is 15.3 Å². The molecule has 0 spiro atoms. The lowest BCUT2D eigenvalue weighted by molar-refractivity contribution is -0.114. The Hall–Kier alpha value is -3.36. The molecule has 0 bridgehead atoms. The van der Waals surface area contributed by atoms with E-state index in [1.165, 1.54) is 11.3 Å². The van der Waals surface area contributed by atoms with Crippen molar-refractivity contribution in [2.75, 3.05) is 5.43 Å². The average molecular weight is 422 g/mol. The molecule has 1 atom stereocenters. The first-order chi connectivity index (χ1) is 14.2. The Balaban J connectivity index is 1.45. The van der Waals surface area contributed by atoms with E-state index in [1.807, 2.05) is 42.5 Å². The predicted molar refractivity (Wildman–Crippen MR) is 111 cm³/mol. The molecule has 0 radical (unpaired) electrons. The molecule has 0 fully saturated rings. The number of amides is 1. The van der Waals surface area contributed by atoms with Crippen molar-refractivity contribution in [1.29, 1.82) is 0 Å². The lowest BCUT2D eigenvalue weighted by Gasteiger charge is -2.21. The number of hydrogen-bond acceptors (Lipinski definition) is 7. The third kappa shape index (κ3) is 3.32. The predicted octanol–water partition coefficient (Wildman–Crippen LogP) is 4.97. The van der Waals surface area contributed by atoms with Crippen LogP contribution in [0.2, 0.25) is 5.02 Å². The zero-order chi connectivity index (χ0) is 19.8. The number of nitrogens with one attached hydrogen (secondary N) is 1. The van der Waals surface area contributed by atoms with Crippen LogP contribution in [0.25, 0.3) is 0 Å². The molecule has 2 aliphatic heterocycles. The molecule has 2 aromatic carbocycles. The van der Waals surface area contributed by atoms with E-state index >= 15 is 0 Å². The molecular weight excluding hydrogens is 410 g/mol. The number of rotatable bonds is 4. The number of aromatic nitrogens is 1. The molecule has 9 heteroatoms. The van der Waals surface area contributed by atoms with Crippen molar-refractivity contribution < 1.29 is 9.53 Å². The summed E-state index contributed by atoms with van der Waals surface area (Å²) in [5.74, 6) is -0.104. The molecule has 1 N–H and O–H groups in total. The first-order valence-electron chi connectivity index (χ1n) is 8.67. The fourth-order valence-corrected chi connectivity index (χ4v) is 4.24. The van der Waals surface area contributed by atoms with E-state index in [0.29, 0.717) is 21.6 Å². The molecule has 1 amide bonds. The molecule has 1 aromatic heterocycles. The van der Waals surface area contributed by atoms with Crippen LogP contribution in [-0.2, 0) is 4.79 Å². The highest BCUT2D eigenvalue weighted by Crippen LogP contribution is 2.49. The van der Waals surface area contributed by atoms with Gasteiger partial charge in [0, 0.05) is 5.02 Å². The number of anilines is 1. The number of thiazole rings is 1. The standard InChI is InChI=1S/C20H12ClN5O2S/c21-13-8-6-11(7-9-13)10-22-26-20-23-19-16(29-20)14(12-4-2-1-3-5-12)15-17(27)24-25-18(15)28-19/h1-10,14H,(H,23,26)/b22-10+. The Kier molecular flexibility index (Phi) is 4.42. The highest BCUT2D eigenvalue weighted by molar-refractivity contribution is 7.16. The maximum atomic E-state index is 12.3. The van der Waals surface area contributed by atoms with E-state index in [1.54, 1.807) is 18.3 Å². The van der Waals surface area contributed by atoms with Gasteiger partial charge in [0.05, 0.1) is 22.6 Å². The van der Waals surface area contributed by atoms with E-state index in [2.05, 4.69) is 25.7 Å². The number of hydrogen-bond donors (Lipinski definition) is 1. The largest absolute Gasteiger partial charge is 0.417 e. The van der Waals surface area contributed by atoms with Crippen LogP contribution in [-0.4, -0.2) is 17.1 Å². The van der Waals surface area contributed by atoms with Gasteiger partial charge in [0.2, 0.25) is 11.0 Å². The number of benzene rings is 2. The maximum Gasteiger partial charge on any atom is 0.298 e. The zero-order valence-electron chi connectivity index (χ0n) is 14.7. The van der Waals surface area contributed by atoms with Crippen molar-refractivity contribution in [3.63, 3.8) is 0 Å². The van der Waals surface area contributed by atoms with Gasteiger partial charge < -0.3 is 4.74 Å². The lowest BCUT2D eigenvalue weighted by atomic mass is 9.88. The molecule has 0 aliphatic carbocycles. The van der Waals surface area contributed by atoms with Gasteiger partial charge in [-0.05, 0) is 23.3 Å². The van der Waals surface area contributed by atoms with Crippen LogP contribution in [0.5, 0.6) is 5.88 Å². The normalized spacial score (nSPS) is 17.4. The molecule has 29 heavy (non-hydrogen) atoms. The van der Waals surface area contributed by atoms with Crippen molar-refractivity contribution in [1.82, 2.24) is 4.98 Å². The Morgan fingerprint density at radius 2 is 1.90 bits per heavy atom. The summed E-state index contributed by atoms with van der Waals surface area (Å²) in [6.45, 7) is 0. The topological polar surface area (TPSA) is 88.3 Å². The molecule has 1 unspecified atom stereocenters. The first kappa shape index (κ1) is 17.7. The van der Waals surface area contributed by atoms with Gasteiger partial charge in [-0.15, -0.1) is 10.2 Å². The third-order valence-corrected chi connectivity index (χ3v) is 5.69. The zero-order valence-corrected chi connectivity index (χ0v) is 16.3. The Morgan fingerprint density at radius 3 is 2.69 bits per heavy atom. The lowest BCUT2D eigenvalue weighted by Crippen LogP contribution is -2.16. The van der Waals surface area contributed by atoms with E-state index < -0.39 is 0 Å². The summed E-state index contributed by atoms with van der Waals surface area (Å²) in [6, 6.07) is 17.0. The summed E-state index contributed by atoms with van der Waals surface area (Å²) in [7, 11) is 0. The van der Waals surface area contributed by atoms with Gasteiger partial charge in [-0.3, -0.25) is 10.2 Å². The van der Waals surface area contributed by atoms with Crippen molar-refractivity contribution in [3.8, 4) is 5.88 Å². The van der Waals surface area contributed by atoms with Crippen LogP contribution in [0.15, 0.2) is 81.4 Å². The smallest absolute Gasteiger partial charge is 0.298 e. The number of carbonyl (C=O) groups is 1. The minimum Gasteiger partial charge on any atom is -0.417 e. The number of azo groups is 1. The molecule has 142 valence electrons. The molecule has 3 aromatic rings. The van der Waals surface area contributed by atoms with Crippen LogP contribution in [0, 0.1) is 0 Å². The number of hydrazone groups is 1. The summed E-state index contributed by atoms with van der Waals surface area (Å²) >= 11 is 7.26. The van der Waals surface area contributed by atoms with Gasteiger partial charge >= 0.3 is 0 Å². The maximum absolute atomic E-state index is 12.3. The fraction of sp³-hybridized carbons (Fsp3) is 0.0500. The second-order valence-electron chi connectivity index (χ2n) is 6.28. The molecule has 2 aliphatic rings. The molecule has 0 saturated heterocycles. The summed E-state index contributed by atoms with van der Waals surface area (Å²) < 4.78 is 5.73. The SMILES string of the molecule is O=C1N=NC2=C1C(c1ccccc1)c1sc(N/N=C/c3ccc(Cl)cc3)nc1O2. The number of ether oxygens (including phenoxy) is 1. The quantitative estimate of drug-likeness (QED) is 0.475. The van der Waals surface area contributed by atoms with E-state index in [0.717, 1.165) is 16.0 Å². The van der Waals surface area contributed by atoms with E-state index in [4.69, 9.17) is 16.3 Å². The van der Waals surface area contributed by atoms with Crippen LogP contribution >= 0.6 is 22.9 Å². The number of halogens is 1. The minimum absolute atomic E-state index is 0.206. The summed E-state index contributed by atoms with van der Waals surface area (Å²) in [5, 5.41) is 12.9. The summed E-state index contributed by atoms with van der Waals surface area (Å²) in [4.78, 5) is 17.6. The number of nitrogens with zero attached hydrogens (tertiary/aromatic N) is 4. The number of fused-ring (bicyclic) bond motifs is 1. The highest BCUT2D eigenvalue weighted by atomic mass is 35.5. The molecule has 7 nitrogen and oxygen atoms in total. The Labute approximate surface area is 174 Å². The third-order valence-electron chi connectivity index (χ3n) is 4.43. The van der Waals surface area contributed by atoms with Gasteiger partial charge in [0.25, 0.3) is 11.8 Å². The van der Waals surface area contributed by atoms with Gasteiger partial charge in [-0.2, -0.15) is 10.1 Å². The van der Waals surface area contributed by atoms with Gasteiger partial charge in [-0.1, -0.05) is 65.4 Å². The van der Waals surface area contributed by atoms with Crippen LogP contribution in [0.1, 0.15) is 21.9 Å². The van der Waals surface area contributed by atoms with Crippen LogP contribution < -0.4 is 10.2 Å². The highest BCUT2D eigenvalue weighted by Gasteiger charge is 2.40. The van der Waals surface area contributed by atoms with Crippen molar-refractivity contribution >= 4 is 40.2 Å². The second kappa shape index (κ2) is 7.23. The number of carbonyl (C=O) groups excluding carboxylic acids is 1. The Morgan fingerprint density at radius 1 is 1.10 bits per heavy atom. The molecule has 5 rings (SSSR count). The van der Waals surface area contributed by atoms with Crippen molar-refractivity contribution in [2.45, 2.75) is 5.92 Å². The summed E-state index contributed by atoms with van der Waals surface area (Å²) in [5.41, 5.74) is 5.20. The second-order valence-corrected chi connectivity index (χ2v) is 7.75. The minimum atomic E-state index is -0.386. The fourth-order valence-electron chi connectivity index (χ4n) is 3.13. The first-order valence-corrected chi connectivity index (χ1v) is 9.87. The van der Waals surface area contributed by atoms with Crippen LogP contribution in [0.3, 0.4) is 0 Å². The van der Waals surface area contributed by atoms with Gasteiger partial charge in [0.1, 0.15) is 0 Å². The monoisotopic (exact) mass is 421 g/mol. The molecule has 0 saturated carbocycles. The van der Waals surface area contributed by atoms with Crippen LogP contribution in [0.4, 0.5) is 5.13 Å².